The number of carboxylic acid groups (broad SMARTS) is 1. The molecule has 1 unspecified atom stereocenters. The molecular weight excluding hydrogens is 700 g/mol. The summed E-state index contributed by atoms with van der Waals surface area (Å²) in [6.07, 6.45) is 4.12. The van der Waals surface area contributed by atoms with Crippen LogP contribution in [0.1, 0.15) is 63.0 Å². The first-order chi connectivity index (χ1) is 24.6. The molecule has 7 rings (SSSR count). The maximum Gasteiger partial charge on any atom is 0.335 e. The summed E-state index contributed by atoms with van der Waals surface area (Å²) >= 11 is 13.0. The normalized spacial score (nSPS) is 19.3. The zero-order valence-corrected chi connectivity index (χ0v) is 29.6. The lowest BCUT2D eigenvalue weighted by molar-refractivity contribution is -0.605. The Kier molecular flexibility index (Phi) is 11.3. The van der Waals surface area contributed by atoms with E-state index in [0.717, 1.165) is 25.9 Å². The SMILES string of the molecule is COc1ccc([C@H](Cc2c(Cl)c[n+]([O-])cc2Cl)c2cc(CNC(C(=O)O[C@H]3CN4CCC3CC4)c3ccccc3F)ccc2C(=O)O)cc1OC. The summed E-state index contributed by atoms with van der Waals surface area (Å²) in [7, 11) is 3.01. The quantitative estimate of drug-likeness (QED) is 0.0921. The summed E-state index contributed by atoms with van der Waals surface area (Å²) in [5.74, 6) is -1.78. The molecule has 3 aromatic carbocycles. The highest BCUT2D eigenvalue weighted by Gasteiger charge is 2.38. The smallest absolute Gasteiger partial charge is 0.335 e. The van der Waals surface area contributed by atoms with Crippen LogP contribution in [0.15, 0.2) is 73.1 Å². The third-order valence-corrected chi connectivity index (χ3v) is 10.5. The average Bonchev–Trinajstić information content (AvgIpc) is 3.12. The number of fused-ring (bicyclic) bond motifs is 3. The van der Waals surface area contributed by atoms with Crippen molar-refractivity contribution < 1.29 is 38.0 Å². The van der Waals surface area contributed by atoms with E-state index in [1.807, 2.05) is 0 Å². The van der Waals surface area contributed by atoms with Gasteiger partial charge in [0, 0.05) is 30.1 Å². The standard InChI is InChI=1S/C38H38Cl2FN3O7/c1-49-33-10-8-24(16-34(33)50-2)27(17-29-30(39)19-44(48)20-31(29)40)28-15-22(7-9-25(28)37(45)46)18-42-36(26-5-3-4-6-32(26)41)38(47)51-35-21-43-13-11-23(35)12-14-43/h3-10,15-16,19-20,23,27,35-36,42H,11-14,17-18,21H2,1-2H3,(H,45,46)/t27-,35-,36?/m0/s1. The zero-order valence-electron chi connectivity index (χ0n) is 28.1. The van der Waals surface area contributed by atoms with E-state index in [1.165, 1.54) is 38.7 Å². The molecule has 0 amide bonds. The summed E-state index contributed by atoms with van der Waals surface area (Å²) in [6.45, 7) is 2.69. The molecule has 2 N–H and O–H groups in total. The van der Waals surface area contributed by atoms with Crippen molar-refractivity contribution in [3.8, 4) is 11.5 Å². The van der Waals surface area contributed by atoms with Crippen molar-refractivity contribution in [2.24, 2.45) is 5.92 Å². The van der Waals surface area contributed by atoms with Gasteiger partial charge in [0.05, 0.1) is 19.8 Å². The highest BCUT2D eigenvalue weighted by molar-refractivity contribution is 6.35. The van der Waals surface area contributed by atoms with Crippen LogP contribution in [0.25, 0.3) is 0 Å². The Balaban J connectivity index is 1.36. The van der Waals surface area contributed by atoms with Gasteiger partial charge >= 0.3 is 11.9 Å². The fraction of sp³-hybridized carbons (Fsp3) is 0.342. The number of halogens is 3. The third-order valence-electron chi connectivity index (χ3n) is 9.82. The van der Waals surface area contributed by atoms with Gasteiger partial charge in [0.1, 0.15) is 28.0 Å². The van der Waals surface area contributed by atoms with Crippen LogP contribution in [-0.4, -0.2) is 61.9 Å². The van der Waals surface area contributed by atoms with Crippen LogP contribution in [0.5, 0.6) is 11.5 Å². The molecular formula is C38H38Cl2FN3O7. The van der Waals surface area contributed by atoms with Crippen LogP contribution in [0.4, 0.5) is 4.39 Å². The predicted molar refractivity (Wildman–Crippen MR) is 189 cm³/mol. The number of rotatable bonds is 13. The molecule has 3 aliphatic rings. The van der Waals surface area contributed by atoms with Crippen LogP contribution in [-0.2, 0) is 22.5 Å². The number of nitrogens with one attached hydrogen (secondary N) is 1. The van der Waals surface area contributed by atoms with Gasteiger partial charge in [0.15, 0.2) is 23.9 Å². The fourth-order valence-corrected chi connectivity index (χ4v) is 7.72. The maximum absolute atomic E-state index is 15.2. The van der Waals surface area contributed by atoms with Gasteiger partial charge in [-0.2, -0.15) is 4.73 Å². The van der Waals surface area contributed by atoms with Crippen molar-refractivity contribution in [3.63, 3.8) is 0 Å². The van der Waals surface area contributed by atoms with Gasteiger partial charge in [-0.15, -0.1) is 0 Å². The molecule has 0 spiro atoms. The lowest BCUT2D eigenvalue weighted by Crippen LogP contribution is -2.52. The van der Waals surface area contributed by atoms with E-state index in [2.05, 4.69) is 10.2 Å². The van der Waals surface area contributed by atoms with Crippen LogP contribution < -0.4 is 19.5 Å². The first-order valence-corrected chi connectivity index (χ1v) is 17.4. The Hall–Kier alpha value is -4.42. The molecule has 51 heavy (non-hydrogen) atoms. The minimum absolute atomic E-state index is 0.0213. The number of esters is 1. The van der Waals surface area contributed by atoms with Gasteiger partial charge in [-0.1, -0.05) is 59.6 Å². The molecule has 0 saturated carbocycles. The van der Waals surface area contributed by atoms with Crippen molar-refractivity contribution >= 4 is 35.1 Å². The lowest BCUT2D eigenvalue weighted by Gasteiger charge is -2.44. The first kappa shape index (κ1) is 36.4. The Morgan fingerprint density at radius 3 is 2.33 bits per heavy atom. The molecule has 3 aliphatic heterocycles. The number of ether oxygens (including phenoxy) is 3. The average molecular weight is 739 g/mol. The Morgan fingerprint density at radius 2 is 1.71 bits per heavy atom. The number of hydrogen-bond donors (Lipinski definition) is 2. The topological polar surface area (TPSA) is 124 Å². The summed E-state index contributed by atoms with van der Waals surface area (Å²) in [4.78, 5) is 28.7. The second-order valence-corrected chi connectivity index (χ2v) is 13.7. The van der Waals surface area contributed by atoms with Crippen LogP contribution >= 0.6 is 23.2 Å². The van der Waals surface area contributed by atoms with Gasteiger partial charge in [-0.05, 0) is 79.2 Å². The first-order valence-electron chi connectivity index (χ1n) is 16.6. The Bertz CT molecular complexity index is 1900. The van der Waals surface area contributed by atoms with Crippen LogP contribution in [0, 0.1) is 16.9 Å². The number of nitrogens with zero attached hydrogens (tertiary/aromatic N) is 2. The van der Waals surface area contributed by atoms with Crippen molar-refractivity contribution in [2.75, 3.05) is 33.9 Å². The molecule has 3 atom stereocenters. The number of aromatic nitrogens is 1. The van der Waals surface area contributed by atoms with E-state index in [1.54, 1.807) is 48.5 Å². The zero-order chi connectivity index (χ0) is 36.2. The molecule has 2 bridgehead atoms. The van der Waals surface area contributed by atoms with Crippen molar-refractivity contribution in [1.29, 1.82) is 0 Å². The molecule has 4 heterocycles. The number of carboxylic acids is 1. The summed E-state index contributed by atoms with van der Waals surface area (Å²) < 4.78 is 32.7. The second-order valence-electron chi connectivity index (χ2n) is 12.8. The summed E-state index contributed by atoms with van der Waals surface area (Å²) in [5.41, 5.74) is 2.32. The van der Waals surface area contributed by atoms with Gasteiger partial charge in [0.25, 0.3) is 0 Å². The molecule has 0 aliphatic carbocycles. The van der Waals surface area contributed by atoms with Crippen molar-refractivity contribution in [1.82, 2.24) is 10.2 Å². The largest absolute Gasteiger partial charge is 0.619 e. The number of methoxy groups -OCH3 is 2. The van der Waals surface area contributed by atoms with Gasteiger partial charge in [-0.25, -0.2) is 14.0 Å². The molecule has 3 fully saturated rings. The number of benzene rings is 3. The van der Waals surface area contributed by atoms with E-state index in [9.17, 15) is 19.9 Å². The number of piperidine rings is 3. The lowest BCUT2D eigenvalue weighted by atomic mass is 9.82. The van der Waals surface area contributed by atoms with E-state index in [4.69, 9.17) is 37.4 Å². The Labute approximate surface area is 305 Å². The number of hydrogen-bond acceptors (Lipinski definition) is 8. The molecule has 1 aromatic heterocycles. The maximum atomic E-state index is 15.2. The molecule has 3 saturated heterocycles. The predicted octanol–water partition coefficient (Wildman–Crippen LogP) is 6.32. The Morgan fingerprint density at radius 1 is 1.00 bits per heavy atom. The number of carbonyl (C=O) groups is 2. The second kappa shape index (κ2) is 15.9. The van der Waals surface area contributed by atoms with E-state index < -0.39 is 29.7 Å². The molecule has 0 radical (unpaired) electrons. The monoisotopic (exact) mass is 737 g/mol. The summed E-state index contributed by atoms with van der Waals surface area (Å²) in [5, 5.41) is 25.8. The minimum atomic E-state index is -1.16. The van der Waals surface area contributed by atoms with Crippen LogP contribution in [0.3, 0.4) is 0 Å². The highest BCUT2D eigenvalue weighted by Crippen LogP contribution is 2.39. The number of carbonyl (C=O) groups excluding carboxylic acids is 1. The van der Waals surface area contributed by atoms with E-state index in [0.29, 0.717) is 45.0 Å². The van der Waals surface area contributed by atoms with Crippen molar-refractivity contribution in [3.05, 3.63) is 128 Å². The molecule has 268 valence electrons. The van der Waals surface area contributed by atoms with Crippen molar-refractivity contribution in [2.45, 2.75) is 43.9 Å². The summed E-state index contributed by atoms with van der Waals surface area (Å²) in [6, 6.07) is 15.1. The number of pyridine rings is 1. The molecule has 10 nitrogen and oxygen atoms in total. The minimum Gasteiger partial charge on any atom is -0.619 e. The third kappa shape index (κ3) is 8.07. The van der Waals surface area contributed by atoms with E-state index >= 15 is 4.39 Å². The van der Waals surface area contributed by atoms with Gasteiger partial charge < -0.3 is 24.5 Å². The van der Waals surface area contributed by atoms with E-state index in [-0.39, 0.29) is 46.2 Å². The fourth-order valence-electron chi connectivity index (χ4n) is 7.12. The number of aromatic carboxylic acids is 1. The highest BCUT2D eigenvalue weighted by atomic mass is 35.5. The van der Waals surface area contributed by atoms with Crippen LogP contribution in [0.2, 0.25) is 10.0 Å². The molecule has 13 heteroatoms. The van der Waals surface area contributed by atoms with Gasteiger partial charge in [0.2, 0.25) is 0 Å². The molecule has 4 aromatic rings. The van der Waals surface area contributed by atoms with Gasteiger partial charge in [-0.3, -0.25) is 10.2 Å².